The summed E-state index contributed by atoms with van der Waals surface area (Å²) >= 11 is 0. The van der Waals surface area contributed by atoms with Crippen LogP contribution < -0.4 is 10.5 Å². The first-order valence-corrected chi connectivity index (χ1v) is 5.30. The Kier molecular flexibility index (Phi) is 4.24. The van der Waals surface area contributed by atoms with Gasteiger partial charge in [0.2, 0.25) is 0 Å². The SMILES string of the molecule is CCCC(F)(CN)c1ccc(OC)cc1F. The van der Waals surface area contributed by atoms with Gasteiger partial charge in [0.25, 0.3) is 0 Å². The first-order chi connectivity index (χ1) is 7.57. The highest BCUT2D eigenvalue weighted by atomic mass is 19.1. The molecule has 0 amide bonds. The minimum absolute atomic E-state index is 0.0117. The first kappa shape index (κ1) is 12.9. The quantitative estimate of drug-likeness (QED) is 0.842. The second-order valence-electron chi connectivity index (χ2n) is 3.77. The fourth-order valence-electron chi connectivity index (χ4n) is 1.73. The van der Waals surface area contributed by atoms with Crippen LogP contribution in [0.1, 0.15) is 25.3 Å². The number of hydrogen-bond acceptors (Lipinski definition) is 2. The Morgan fingerprint density at radius 3 is 2.56 bits per heavy atom. The fourth-order valence-corrected chi connectivity index (χ4v) is 1.73. The normalized spacial score (nSPS) is 14.6. The van der Waals surface area contributed by atoms with Crippen molar-refractivity contribution < 1.29 is 13.5 Å². The van der Waals surface area contributed by atoms with Crippen LogP contribution in [0.5, 0.6) is 5.75 Å². The average Bonchev–Trinajstić information content (AvgIpc) is 2.28. The van der Waals surface area contributed by atoms with E-state index in [9.17, 15) is 8.78 Å². The molecular formula is C12H17F2NO. The second-order valence-corrected chi connectivity index (χ2v) is 3.77. The molecule has 0 bridgehead atoms. The number of methoxy groups -OCH3 is 1. The molecule has 4 heteroatoms. The van der Waals surface area contributed by atoms with Gasteiger partial charge in [-0.3, -0.25) is 0 Å². The number of nitrogens with two attached hydrogens (primary N) is 1. The number of rotatable bonds is 5. The van der Waals surface area contributed by atoms with E-state index < -0.39 is 11.5 Å². The topological polar surface area (TPSA) is 35.2 Å². The molecule has 0 saturated carbocycles. The highest BCUT2D eigenvalue weighted by Gasteiger charge is 2.32. The van der Waals surface area contributed by atoms with Gasteiger partial charge in [-0.25, -0.2) is 8.78 Å². The predicted octanol–water partition coefficient (Wildman–Crippen LogP) is 2.76. The van der Waals surface area contributed by atoms with E-state index >= 15 is 0 Å². The first-order valence-electron chi connectivity index (χ1n) is 5.30. The summed E-state index contributed by atoms with van der Waals surface area (Å²) in [5.74, 6) is -0.238. The van der Waals surface area contributed by atoms with Crippen LogP contribution in [0, 0.1) is 5.82 Å². The monoisotopic (exact) mass is 229 g/mol. The number of halogens is 2. The molecule has 1 atom stereocenters. The molecule has 0 saturated heterocycles. The van der Waals surface area contributed by atoms with Crippen LogP contribution >= 0.6 is 0 Å². The van der Waals surface area contributed by atoms with Crippen molar-refractivity contribution in [2.24, 2.45) is 5.73 Å². The molecule has 0 aliphatic heterocycles. The fraction of sp³-hybridized carbons (Fsp3) is 0.500. The van der Waals surface area contributed by atoms with Gasteiger partial charge in [-0.05, 0) is 18.6 Å². The molecule has 1 rings (SSSR count). The van der Waals surface area contributed by atoms with Gasteiger partial charge in [0.1, 0.15) is 11.6 Å². The Hall–Kier alpha value is -1.16. The lowest BCUT2D eigenvalue weighted by molar-refractivity contribution is 0.153. The molecule has 90 valence electrons. The van der Waals surface area contributed by atoms with E-state index in [1.165, 1.54) is 25.3 Å². The summed E-state index contributed by atoms with van der Waals surface area (Å²) in [5, 5.41) is 0. The standard InChI is InChI=1S/C12H17F2NO/c1-3-6-12(14,8-15)10-5-4-9(16-2)7-11(10)13/h4-5,7H,3,6,8,15H2,1-2H3. The summed E-state index contributed by atoms with van der Waals surface area (Å²) in [6.07, 6.45) is 0.825. The molecule has 0 radical (unpaired) electrons. The molecule has 0 aliphatic carbocycles. The maximum Gasteiger partial charge on any atom is 0.150 e. The van der Waals surface area contributed by atoms with Crippen LogP contribution in [0.3, 0.4) is 0 Å². The van der Waals surface area contributed by atoms with Crippen molar-refractivity contribution in [3.05, 3.63) is 29.6 Å². The Morgan fingerprint density at radius 2 is 2.12 bits per heavy atom. The predicted molar refractivity (Wildman–Crippen MR) is 59.7 cm³/mol. The zero-order chi connectivity index (χ0) is 12.2. The van der Waals surface area contributed by atoms with Gasteiger partial charge in [0, 0.05) is 18.2 Å². The third-order valence-corrected chi connectivity index (χ3v) is 2.63. The summed E-state index contributed by atoms with van der Waals surface area (Å²) in [7, 11) is 1.44. The molecule has 1 unspecified atom stereocenters. The van der Waals surface area contributed by atoms with Crippen LogP contribution in [0.2, 0.25) is 0 Å². The van der Waals surface area contributed by atoms with Crippen LogP contribution in [0.4, 0.5) is 8.78 Å². The van der Waals surface area contributed by atoms with Crippen molar-refractivity contribution in [2.45, 2.75) is 25.4 Å². The van der Waals surface area contributed by atoms with Gasteiger partial charge >= 0.3 is 0 Å². The number of hydrogen-bond donors (Lipinski definition) is 1. The van der Waals surface area contributed by atoms with E-state index in [1.54, 1.807) is 0 Å². The van der Waals surface area contributed by atoms with Crippen LogP contribution in [0.25, 0.3) is 0 Å². The van der Waals surface area contributed by atoms with E-state index in [4.69, 9.17) is 10.5 Å². The Morgan fingerprint density at radius 1 is 1.44 bits per heavy atom. The lowest BCUT2D eigenvalue weighted by atomic mass is 9.91. The molecule has 0 fully saturated rings. The molecule has 1 aromatic carbocycles. The third kappa shape index (κ3) is 2.50. The summed E-state index contributed by atoms with van der Waals surface area (Å²) in [5.41, 5.74) is 3.62. The van der Waals surface area contributed by atoms with Crippen molar-refractivity contribution in [3.63, 3.8) is 0 Å². The van der Waals surface area contributed by atoms with Crippen LogP contribution in [-0.4, -0.2) is 13.7 Å². The molecule has 0 aliphatic rings. The Labute approximate surface area is 94.4 Å². The molecular weight excluding hydrogens is 212 g/mol. The zero-order valence-electron chi connectivity index (χ0n) is 9.59. The second kappa shape index (κ2) is 5.25. The highest BCUT2D eigenvalue weighted by Crippen LogP contribution is 2.33. The molecule has 2 N–H and O–H groups in total. The molecule has 0 aromatic heterocycles. The number of alkyl halides is 1. The van der Waals surface area contributed by atoms with E-state index in [1.807, 2.05) is 6.92 Å². The van der Waals surface area contributed by atoms with Gasteiger partial charge in [-0.15, -0.1) is 0 Å². The van der Waals surface area contributed by atoms with Crippen LogP contribution in [0.15, 0.2) is 18.2 Å². The van der Waals surface area contributed by atoms with Gasteiger partial charge in [0.15, 0.2) is 5.67 Å². The minimum Gasteiger partial charge on any atom is -0.497 e. The number of benzene rings is 1. The van der Waals surface area contributed by atoms with Crippen molar-refractivity contribution in [2.75, 3.05) is 13.7 Å². The third-order valence-electron chi connectivity index (χ3n) is 2.63. The maximum absolute atomic E-state index is 14.3. The average molecular weight is 229 g/mol. The summed E-state index contributed by atoms with van der Waals surface area (Å²) in [6.45, 7) is 1.62. The molecule has 1 aromatic rings. The van der Waals surface area contributed by atoms with Crippen molar-refractivity contribution in [3.8, 4) is 5.75 Å². The maximum atomic E-state index is 14.3. The largest absolute Gasteiger partial charge is 0.497 e. The van der Waals surface area contributed by atoms with Gasteiger partial charge in [0.05, 0.1) is 7.11 Å². The molecule has 0 spiro atoms. The molecule has 16 heavy (non-hydrogen) atoms. The molecule has 0 heterocycles. The van der Waals surface area contributed by atoms with Gasteiger partial charge < -0.3 is 10.5 Å². The highest BCUT2D eigenvalue weighted by molar-refractivity contribution is 5.32. The smallest absolute Gasteiger partial charge is 0.150 e. The van der Waals surface area contributed by atoms with Gasteiger partial charge in [-0.1, -0.05) is 13.3 Å². The van der Waals surface area contributed by atoms with Crippen molar-refractivity contribution in [1.82, 2.24) is 0 Å². The minimum atomic E-state index is -1.79. The molecule has 2 nitrogen and oxygen atoms in total. The van der Waals surface area contributed by atoms with Gasteiger partial charge in [-0.2, -0.15) is 0 Å². The lowest BCUT2D eigenvalue weighted by Gasteiger charge is -2.24. The van der Waals surface area contributed by atoms with Crippen molar-refractivity contribution in [1.29, 1.82) is 0 Å². The van der Waals surface area contributed by atoms with E-state index in [0.717, 1.165) is 0 Å². The zero-order valence-corrected chi connectivity index (χ0v) is 9.59. The van der Waals surface area contributed by atoms with E-state index in [0.29, 0.717) is 12.2 Å². The van der Waals surface area contributed by atoms with E-state index in [2.05, 4.69) is 0 Å². The lowest BCUT2D eigenvalue weighted by Crippen LogP contribution is -2.31. The van der Waals surface area contributed by atoms with Crippen LogP contribution in [-0.2, 0) is 5.67 Å². The summed E-state index contributed by atoms with van der Waals surface area (Å²) in [6, 6.07) is 4.11. The summed E-state index contributed by atoms with van der Waals surface area (Å²) in [4.78, 5) is 0. The van der Waals surface area contributed by atoms with E-state index in [-0.39, 0.29) is 18.5 Å². The Bertz CT molecular complexity index is 357. The van der Waals surface area contributed by atoms with Crippen molar-refractivity contribution >= 4 is 0 Å². The summed E-state index contributed by atoms with van der Waals surface area (Å²) < 4.78 is 32.9. The Balaban J connectivity index is 3.10. The number of ether oxygens (including phenoxy) is 1.